The van der Waals surface area contributed by atoms with Crippen LogP contribution in [0.15, 0.2) is 23.1 Å². The number of carbonyl (C=O) groups excluding carboxylic acids is 1. The van der Waals surface area contributed by atoms with Gasteiger partial charge in [-0.05, 0) is 58.1 Å². The van der Waals surface area contributed by atoms with Gasteiger partial charge in [-0.2, -0.15) is 4.31 Å². The molecule has 0 spiro atoms. The van der Waals surface area contributed by atoms with Crippen LogP contribution < -0.4 is 5.32 Å². The molecule has 1 aromatic carbocycles. The van der Waals surface area contributed by atoms with E-state index in [4.69, 9.17) is 0 Å². The molecule has 26 heavy (non-hydrogen) atoms. The predicted molar refractivity (Wildman–Crippen MR) is 102 cm³/mol. The third-order valence-corrected chi connectivity index (χ3v) is 7.96. The molecule has 0 unspecified atom stereocenters. The van der Waals surface area contributed by atoms with Crippen LogP contribution in [0.2, 0.25) is 0 Å². The van der Waals surface area contributed by atoms with Gasteiger partial charge >= 0.3 is 0 Å². The molecule has 1 amide bonds. The zero-order valence-electron chi connectivity index (χ0n) is 16.0. The fourth-order valence-electron chi connectivity index (χ4n) is 4.27. The lowest BCUT2D eigenvalue weighted by molar-refractivity contribution is -0.127. The summed E-state index contributed by atoms with van der Waals surface area (Å²) in [7, 11) is -3.49. The van der Waals surface area contributed by atoms with Gasteiger partial charge in [0.05, 0.1) is 4.90 Å². The van der Waals surface area contributed by atoms with E-state index in [0.29, 0.717) is 30.8 Å². The molecular weight excluding hydrogens is 348 g/mol. The van der Waals surface area contributed by atoms with Gasteiger partial charge in [-0.3, -0.25) is 4.79 Å². The van der Waals surface area contributed by atoms with E-state index in [1.165, 1.54) is 17.1 Å². The minimum atomic E-state index is -3.49. The van der Waals surface area contributed by atoms with E-state index in [-0.39, 0.29) is 17.4 Å². The second kappa shape index (κ2) is 7.31. The van der Waals surface area contributed by atoms with Crippen molar-refractivity contribution in [3.63, 3.8) is 0 Å². The number of benzene rings is 1. The average molecular weight is 379 g/mol. The number of amides is 1. The first kappa shape index (κ1) is 19.4. The van der Waals surface area contributed by atoms with Gasteiger partial charge in [-0.25, -0.2) is 8.42 Å². The van der Waals surface area contributed by atoms with Gasteiger partial charge in [-0.1, -0.05) is 30.5 Å². The Labute approximate surface area is 157 Å². The molecule has 2 aliphatic rings. The van der Waals surface area contributed by atoms with E-state index < -0.39 is 10.0 Å². The van der Waals surface area contributed by atoms with Gasteiger partial charge in [0, 0.05) is 24.5 Å². The number of carbonyl (C=O) groups is 1. The second-order valence-corrected chi connectivity index (χ2v) is 10.1. The summed E-state index contributed by atoms with van der Waals surface area (Å²) in [6.45, 7) is 6.73. The maximum absolute atomic E-state index is 13.0. The number of piperidine rings is 1. The summed E-state index contributed by atoms with van der Waals surface area (Å²) in [6, 6.07) is 5.43. The van der Waals surface area contributed by atoms with Crippen molar-refractivity contribution in [2.75, 3.05) is 13.1 Å². The normalized spacial score (nSPS) is 21.7. The van der Waals surface area contributed by atoms with Gasteiger partial charge in [0.15, 0.2) is 0 Å². The maximum Gasteiger partial charge on any atom is 0.243 e. The van der Waals surface area contributed by atoms with Crippen molar-refractivity contribution in [3.8, 4) is 0 Å². The van der Waals surface area contributed by atoms with Crippen molar-refractivity contribution in [3.05, 3.63) is 29.3 Å². The molecule has 0 aromatic heterocycles. The van der Waals surface area contributed by atoms with Crippen molar-refractivity contribution >= 4 is 15.9 Å². The lowest BCUT2D eigenvalue weighted by Crippen LogP contribution is -2.49. The second-order valence-electron chi connectivity index (χ2n) is 8.20. The highest BCUT2D eigenvalue weighted by molar-refractivity contribution is 7.89. The molecular formula is C20H30N2O3S. The Hall–Kier alpha value is -1.40. The number of nitrogens with one attached hydrogen (secondary N) is 1. The first-order valence-corrected chi connectivity index (χ1v) is 11.0. The van der Waals surface area contributed by atoms with E-state index in [0.717, 1.165) is 24.0 Å². The molecule has 5 nitrogen and oxygen atoms in total. The van der Waals surface area contributed by atoms with Crippen LogP contribution in [0.4, 0.5) is 0 Å². The van der Waals surface area contributed by atoms with Crippen LogP contribution in [0.25, 0.3) is 0 Å². The van der Waals surface area contributed by atoms with Crippen molar-refractivity contribution < 1.29 is 13.2 Å². The minimum Gasteiger partial charge on any atom is -0.351 e. The SMILES string of the molecule is Cc1ccc(S(=O)(=O)N2CCC(C(=O)NC3(C)CCCC3)CC2)c(C)c1. The van der Waals surface area contributed by atoms with Gasteiger partial charge in [0.25, 0.3) is 0 Å². The standard InChI is InChI=1S/C20H30N2O3S/c1-15-6-7-18(16(2)14-15)26(24,25)22-12-8-17(9-13-22)19(23)21-20(3)10-4-5-11-20/h6-7,14,17H,4-5,8-13H2,1-3H3,(H,21,23). The largest absolute Gasteiger partial charge is 0.351 e. The first-order valence-electron chi connectivity index (χ1n) is 9.61. The van der Waals surface area contributed by atoms with Crippen molar-refractivity contribution in [1.29, 1.82) is 0 Å². The number of rotatable bonds is 4. The summed E-state index contributed by atoms with van der Waals surface area (Å²) in [5.74, 6) is 0.0101. The van der Waals surface area contributed by atoms with Crippen LogP contribution in [-0.4, -0.2) is 37.3 Å². The first-order chi connectivity index (χ1) is 12.2. The third-order valence-electron chi connectivity index (χ3n) is 5.91. The lowest BCUT2D eigenvalue weighted by Gasteiger charge is -2.33. The lowest BCUT2D eigenvalue weighted by atomic mass is 9.94. The molecule has 3 rings (SSSR count). The monoisotopic (exact) mass is 378 g/mol. The van der Waals surface area contributed by atoms with Gasteiger partial charge in [0.2, 0.25) is 15.9 Å². The van der Waals surface area contributed by atoms with E-state index in [2.05, 4.69) is 12.2 Å². The molecule has 1 aliphatic carbocycles. The third kappa shape index (κ3) is 3.96. The van der Waals surface area contributed by atoms with E-state index in [9.17, 15) is 13.2 Å². The van der Waals surface area contributed by atoms with E-state index in [1.54, 1.807) is 6.07 Å². The highest BCUT2D eigenvalue weighted by Gasteiger charge is 2.36. The molecule has 1 saturated heterocycles. The highest BCUT2D eigenvalue weighted by atomic mass is 32.2. The number of sulfonamides is 1. The van der Waals surface area contributed by atoms with Crippen LogP contribution in [-0.2, 0) is 14.8 Å². The molecule has 0 radical (unpaired) electrons. The predicted octanol–water partition coefficient (Wildman–Crippen LogP) is 3.15. The summed E-state index contributed by atoms with van der Waals surface area (Å²) in [4.78, 5) is 13.0. The zero-order chi connectivity index (χ0) is 18.9. The molecule has 2 fully saturated rings. The molecule has 1 aliphatic heterocycles. The minimum absolute atomic E-state index is 0.0701. The van der Waals surface area contributed by atoms with Crippen LogP contribution in [0.5, 0.6) is 0 Å². The molecule has 1 heterocycles. The molecule has 1 N–H and O–H groups in total. The smallest absolute Gasteiger partial charge is 0.243 e. The number of hydrogen-bond donors (Lipinski definition) is 1. The maximum atomic E-state index is 13.0. The summed E-state index contributed by atoms with van der Waals surface area (Å²) >= 11 is 0. The number of aryl methyl sites for hydroxylation is 2. The number of nitrogens with zero attached hydrogens (tertiary/aromatic N) is 1. The molecule has 1 aromatic rings. The topological polar surface area (TPSA) is 66.5 Å². The fraction of sp³-hybridized carbons (Fsp3) is 0.650. The van der Waals surface area contributed by atoms with Crippen LogP contribution >= 0.6 is 0 Å². The van der Waals surface area contributed by atoms with Gasteiger partial charge < -0.3 is 5.32 Å². The van der Waals surface area contributed by atoms with E-state index >= 15 is 0 Å². The van der Waals surface area contributed by atoms with Crippen molar-refractivity contribution in [2.45, 2.75) is 69.7 Å². The fourth-order valence-corrected chi connectivity index (χ4v) is 5.94. The van der Waals surface area contributed by atoms with Crippen molar-refractivity contribution in [2.24, 2.45) is 5.92 Å². The Morgan fingerprint density at radius 3 is 2.35 bits per heavy atom. The Morgan fingerprint density at radius 1 is 1.15 bits per heavy atom. The molecule has 6 heteroatoms. The Morgan fingerprint density at radius 2 is 1.77 bits per heavy atom. The highest BCUT2D eigenvalue weighted by Crippen LogP contribution is 2.31. The molecule has 144 valence electrons. The zero-order valence-corrected chi connectivity index (χ0v) is 16.9. The van der Waals surface area contributed by atoms with Crippen LogP contribution in [0.3, 0.4) is 0 Å². The summed E-state index contributed by atoms with van der Waals surface area (Å²) in [5, 5.41) is 3.22. The summed E-state index contributed by atoms with van der Waals surface area (Å²) < 4.78 is 27.4. The van der Waals surface area contributed by atoms with Gasteiger partial charge in [0.1, 0.15) is 0 Å². The summed E-state index contributed by atoms with van der Waals surface area (Å²) in [5.41, 5.74) is 1.76. The van der Waals surface area contributed by atoms with Crippen molar-refractivity contribution in [1.82, 2.24) is 9.62 Å². The Kier molecular flexibility index (Phi) is 5.45. The van der Waals surface area contributed by atoms with Crippen LogP contribution in [0.1, 0.15) is 56.6 Å². The Bertz CT molecular complexity index is 774. The van der Waals surface area contributed by atoms with Crippen LogP contribution in [0, 0.1) is 19.8 Å². The Balaban J connectivity index is 1.63. The average Bonchev–Trinajstić information content (AvgIpc) is 3.00. The molecule has 0 atom stereocenters. The summed E-state index contributed by atoms with van der Waals surface area (Å²) in [6.07, 6.45) is 5.60. The molecule has 0 bridgehead atoms. The van der Waals surface area contributed by atoms with Gasteiger partial charge in [-0.15, -0.1) is 0 Å². The number of hydrogen-bond acceptors (Lipinski definition) is 3. The quantitative estimate of drug-likeness (QED) is 0.875. The molecule has 1 saturated carbocycles. The van der Waals surface area contributed by atoms with E-state index in [1.807, 2.05) is 26.0 Å².